The molecule has 1 heterocycles. The lowest BCUT2D eigenvalue weighted by Crippen LogP contribution is -2.56. The average molecular weight is 222 g/mol. The van der Waals surface area contributed by atoms with E-state index in [0.717, 1.165) is 18.7 Å². The zero-order valence-corrected chi connectivity index (χ0v) is 8.98. The molecule has 15 heavy (non-hydrogen) atoms. The van der Waals surface area contributed by atoms with Gasteiger partial charge in [-0.3, -0.25) is 4.90 Å². The summed E-state index contributed by atoms with van der Waals surface area (Å²) in [6.07, 6.45) is 0. The Labute approximate surface area is 94.0 Å². The minimum absolute atomic E-state index is 0.198. The smallest absolute Gasteiger partial charge is 0.125 e. The van der Waals surface area contributed by atoms with Crippen LogP contribution in [0.5, 0.6) is 0 Å². The molecule has 0 aromatic heterocycles. The van der Waals surface area contributed by atoms with Crippen LogP contribution in [0.15, 0.2) is 24.3 Å². The maximum Gasteiger partial charge on any atom is 0.125 e. The zero-order valence-electron chi connectivity index (χ0n) is 8.23. The molecule has 0 radical (unpaired) electrons. The molecule has 2 N–H and O–H groups in total. The van der Waals surface area contributed by atoms with E-state index in [1.807, 2.05) is 23.1 Å². The molecule has 1 aromatic rings. The summed E-state index contributed by atoms with van der Waals surface area (Å²) in [6.45, 7) is 1.53. The molecule has 1 unspecified atom stereocenters. The van der Waals surface area contributed by atoms with E-state index in [9.17, 15) is 0 Å². The second kappa shape index (κ2) is 4.19. The molecule has 0 aliphatic carbocycles. The Balaban J connectivity index is 2.21. The molecule has 78 valence electrons. The van der Waals surface area contributed by atoms with Gasteiger partial charge in [-0.25, -0.2) is 0 Å². The molecule has 3 nitrogen and oxygen atoms in total. The first-order valence-electron chi connectivity index (χ1n) is 4.86. The molecular weight excluding hydrogens is 210 g/mol. The summed E-state index contributed by atoms with van der Waals surface area (Å²) in [7, 11) is 0. The van der Waals surface area contributed by atoms with Crippen molar-refractivity contribution in [3.63, 3.8) is 0 Å². The first kappa shape index (κ1) is 10.4. The number of halogens is 1. The van der Waals surface area contributed by atoms with Crippen molar-refractivity contribution in [1.29, 1.82) is 5.26 Å². The molecule has 1 aliphatic rings. The van der Waals surface area contributed by atoms with Crippen LogP contribution in [0.1, 0.15) is 11.6 Å². The van der Waals surface area contributed by atoms with Crippen LogP contribution in [-0.4, -0.2) is 24.0 Å². The van der Waals surface area contributed by atoms with Crippen LogP contribution in [0.25, 0.3) is 0 Å². The third-order valence-electron chi connectivity index (χ3n) is 2.63. The monoisotopic (exact) mass is 221 g/mol. The van der Waals surface area contributed by atoms with Gasteiger partial charge in [-0.05, 0) is 6.07 Å². The Morgan fingerprint density at radius 2 is 2.13 bits per heavy atom. The van der Waals surface area contributed by atoms with E-state index in [0.29, 0.717) is 5.02 Å². The summed E-state index contributed by atoms with van der Waals surface area (Å²) in [5.41, 5.74) is 6.56. The van der Waals surface area contributed by atoms with Gasteiger partial charge in [-0.15, -0.1) is 0 Å². The number of nitrogens with zero attached hydrogens (tertiary/aromatic N) is 2. The maximum absolute atomic E-state index is 9.13. The predicted molar refractivity (Wildman–Crippen MR) is 59.4 cm³/mol. The molecule has 1 atom stereocenters. The Kier molecular flexibility index (Phi) is 2.92. The molecule has 0 saturated carbocycles. The van der Waals surface area contributed by atoms with Crippen molar-refractivity contribution in [1.82, 2.24) is 4.90 Å². The van der Waals surface area contributed by atoms with Gasteiger partial charge in [0.05, 0.1) is 6.07 Å². The Bertz CT molecular complexity index is 393. The predicted octanol–water partition coefficient (Wildman–Crippen LogP) is 1.55. The van der Waals surface area contributed by atoms with Gasteiger partial charge in [0, 0.05) is 29.7 Å². The van der Waals surface area contributed by atoms with Gasteiger partial charge in [0.2, 0.25) is 0 Å². The normalized spacial score (nSPS) is 19.3. The van der Waals surface area contributed by atoms with Crippen LogP contribution in [0.4, 0.5) is 0 Å². The molecule has 2 rings (SSSR count). The molecule has 1 fully saturated rings. The number of rotatable bonds is 2. The fraction of sp³-hybridized carbons (Fsp3) is 0.364. The molecule has 1 aromatic carbocycles. The summed E-state index contributed by atoms with van der Waals surface area (Å²) in [6, 6.07) is 9.65. The van der Waals surface area contributed by atoms with Crippen LogP contribution < -0.4 is 5.73 Å². The van der Waals surface area contributed by atoms with E-state index in [-0.39, 0.29) is 12.1 Å². The lowest BCUT2D eigenvalue weighted by molar-refractivity contribution is 0.121. The summed E-state index contributed by atoms with van der Waals surface area (Å²) >= 11 is 6.05. The van der Waals surface area contributed by atoms with Crippen LogP contribution in [0.3, 0.4) is 0 Å². The highest BCUT2D eigenvalue weighted by Gasteiger charge is 2.31. The first-order valence-corrected chi connectivity index (χ1v) is 5.24. The SMILES string of the molecule is N#CC(c1ccccc1Cl)N1CC(N)C1. The standard InChI is InChI=1S/C11H12ClN3/c12-10-4-2-1-3-9(10)11(5-13)15-6-8(14)7-15/h1-4,8,11H,6-7,14H2. The van der Waals surface area contributed by atoms with Crippen molar-refractivity contribution in [2.24, 2.45) is 5.73 Å². The van der Waals surface area contributed by atoms with E-state index in [2.05, 4.69) is 6.07 Å². The van der Waals surface area contributed by atoms with Crippen molar-refractivity contribution in [3.8, 4) is 6.07 Å². The highest BCUT2D eigenvalue weighted by molar-refractivity contribution is 6.31. The summed E-state index contributed by atoms with van der Waals surface area (Å²) in [5, 5.41) is 9.78. The molecule has 1 saturated heterocycles. The third-order valence-corrected chi connectivity index (χ3v) is 2.97. The van der Waals surface area contributed by atoms with Crippen LogP contribution in [0, 0.1) is 11.3 Å². The minimum Gasteiger partial charge on any atom is -0.325 e. The fourth-order valence-electron chi connectivity index (χ4n) is 1.80. The van der Waals surface area contributed by atoms with Crippen molar-refractivity contribution in [3.05, 3.63) is 34.9 Å². The van der Waals surface area contributed by atoms with Gasteiger partial charge >= 0.3 is 0 Å². The number of likely N-dealkylation sites (tertiary alicyclic amines) is 1. The van der Waals surface area contributed by atoms with Crippen molar-refractivity contribution < 1.29 is 0 Å². The fourth-order valence-corrected chi connectivity index (χ4v) is 2.04. The van der Waals surface area contributed by atoms with Crippen LogP contribution >= 0.6 is 11.6 Å². The van der Waals surface area contributed by atoms with E-state index in [4.69, 9.17) is 22.6 Å². The van der Waals surface area contributed by atoms with Crippen LogP contribution in [-0.2, 0) is 0 Å². The van der Waals surface area contributed by atoms with Crippen molar-refractivity contribution in [2.75, 3.05) is 13.1 Å². The number of nitriles is 1. The summed E-state index contributed by atoms with van der Waals surface area (Å²) in [5.74, 6) is 0. The van der Waals surface area contributed by atoms with Gasteiger partial charge in [0.15, 0.2) is 0 Å². The van der Waals surface area contributed by atoms with Crippen LogP contribution in [0.2, 0.25) is 5.02 Å². The third kappa shape index (κ3) is 1.98. The second-order valence-corrected chi connectivity index (χ2v) is 4.17. The lowest BCUT2D eigenvalue weighted by atomic mass is 10.0. The minimum atomic E-state index is -0.265. The maximum atomic E-state index is 9.13. The van der Waals surface area contributed by atoms with Crippen molar-refractivity contribution in [2.45, 2.75) is 12.1 Å². The van der Waals surface area contributed by atoms with Gasteiger partial charge in [0.25, 0.3) is 0 Å². The second-order valence-electron chi connectivity index (χ2n) is 3.77. The quantitative estimate of drug-likeness (QED) is 0.825. The highest BCUT2D eigenvalue weighted by atomic mass is 35.5. The Morgan fingerprint density at radius 1 is 1.47 bits per heavy atom. The van der Waals surface area contributed by atoms with Gasteiger partial charge < -0.3 is 5.73 Å². The molecule has 0 bridgehead atoms. The van der Waals surface area contributed by atoms with Crippen molar-refractivity contribution >= 4 is 11.6 Å². The average Bonchev–Trinajstić information content (AvgIpc) is 2.19. The van der Waals surface area contributed by atoms with E-state index < -0.39 is 0 Å². The molecule has 4 heteroatoms. The largest absolute Gasteiger partial charge is 0.325 e. The first-order chi connectivity index (χ1) is 7.22. The van der Waals surface area contributed by atoms with E-state index in [1.165, 1.54) is 0 Å². The number of hydrogen-bond acceptors (Lipinski definition) is 3. The zero-order chi connectivity index (χ0) is 10.8. The van der Waals surface area contributed by atoms with Gasteiger partial charge in [-0.1, -0.05) is 29.8 Å². The molecule has 1 aliphatic heterocycles. The Hall–Kier alpha value is -1.08. The lowest BCUT2D eigenvalue weighted by Gasteiger charge is -2.40. The number of hydrogen-bond donors (Lipinski definition) is 1. The van der Waals surface area contributed by atoms with E-state index in [1.54, 1.807) is 6.07 Å². The Morgan fingerprint density at radius 3 is 2.67 bits per heavy atom. The van der Waals surface area contributed by atoms with E-state index >= 15 is 0 Å². The van der Waals surface area contributed by atoms with Gasteiger partial charge in [0.1, 0.15) is 6.04 Å². The molecule has 0 spiro atoms. The van der Waals surface area contributed by atoms with Gasteiger partial charge in [-0.2, -0.15) is 5.26 Å². The topological polar surface area (TPSA) is 53.0 Å². The number of nitrogens with two attached hydrogens (primary N) is 1. The summed E-state index contributed by atoms with van der Waals surface area (Å²) in [4.78, 5) is 2.03. The summed E-state index contributed by atoms with van der Waals surface area (Å²) < 4.78 is 0. The highest BCUT2D eigenvalue weighted by Crippen LogP contribution is 2.29. The number of benzene rings is 1. The molecule has 0 amide bonds. The molecular formula is C11H12ClN3.